The summed E-state index contributed by atoms with van der Waals surface area (Å²) < 4.78 is 0. The monoisotopic (exact) mass is 273 g/mol. The van der Waals surface area contributed by atoms with Crippen LogP contribution in [0.4, 0.5) is 5.69 Å². The van der Waals surface area contributed by atoms with Gasteiger partial charge in [0.15, 0.2) is 0 Å². The van der Waals surface area contributed by atoms with Crippen molar-refractivity contribution >= 4 is 17.4 Å². The Morgan fingerprint density at radius 2 is 1.89 bits per heavy atom. The van der Waals surface area contributed by atoms with E-state index in [-0.39, 0.29) is 15.9 Å². The quantitative estimate of drug-likeness (QED) is 0.458. The normalized spacial score (nSPS) is 12.1. The molecule has 19 heavy (non-hydrogen) atoms. The van der Waals surface area contributed by atoms with Gasteiger partial charge in [0.05, 0.1) is 4.92 Å². The van der Waals surface area contributed by atoms with Crippen molar-refractivity contribution in [3.8, 4) is 0 Å². The summed E-state index contributed by atoms with van der Waals surface area (Å²) in [6.07, 6.45) is 0. The minimum absolute atomic E-state index is 0.148. The molecule has 4 heteroatoms. The Labute approximate surface area is 116 Å². The number of hydrogen-bond acceptors (Lipinski definition) is 3. The van der Waals surface area contributed by atoms with E-state index in [0.717, 1.165) is 5.56 Å². The summed E-state index contributed by atoms with van der Waals surface area (Å²) in [5, 5.41) is 11.0. The van der Waals surface area contributed by atoms with E-state index in [1.54, 1.807) is 23.9 Å². The molecule has 0 aliphatic heterocycles. The molecule has 2 aromatic carbocycles. The highest BCUT2D eigenvalue weighted by molar-refractivity contribution is 7.99. The van der Waals surface area contributed by atoms with Gasteiger partial charge in [-0.2, -0.15) is 0 Å². The number of thioether (sulfide) groups is 1. The molecule has 0 amide bonds. The van der Waals surface area contributed by atoms with Crippen LogP contribution >= 0.6 is 11.8 Å². The molecule has 98 valence electrons. The van der Waals surface area contributed by atoms with E-state index in [1.807, 2.05) is 18.2 Å². The molecule has 0 spiro atoms. The standard InChI is InChI=1S/C15H15NO2S/c1-11-6-3-4-9-15(11)19-12(2)13-7-5-8-14(10-13)16(17)18/h3-10,12H,1-2H3. The highest BCUT2D eigenvalue weighted by Crippen LogP contribution is 2.37. The summed E-state index contributed by atoms with van der Waals surface area (Å²) in [6.45, 7) is 4.14. The predicted octanol–water partition coefficient (Wildman–Crippen LogP) is 4.76. The number of rotatable bonds is 4. The molecule has 0 aliphatic rings. The first-order valence-electron chi connectivity index (χ1n) is 6.04. The van der Waals surface area contributed by atoms with Crippen LogP contribution in [0.3, 0.4) is 0 Å². The maximum absolute atomic E-state index is 10.8. The van der Waals surface area contributed by atoms with Crippen LogP contribution in [0.5, 0.6) is 0 Å². The number of aryl methyl sites for hydroxylation is 1. The maximum Gasteiger partial charge on any atom is 0.269 e. The molecule has 2 aromatic rings. The van der Waals surface area contributed by atoms with Crippen molar-refractivity contribution in [3.63, 3.8) is 0 Å². The van der Waals surface area contributed by atoms with Crippen LogP contribution in [0.15, 0.2) is 53.4 Å². The smallest absolute Gasteiger partial charge is 0.258 e. The van der Waals surface area contributed by atoms with E-state index in [4.69, 9.17) is 0 Å². The van der Waals surface area contributed by atoms with Crippen molar-refractivity contribution in [2.75, 3.05) is 0 Å². The number of hydrogen-bond donors (Lipinski definition) is 0. The minimum Gasteiger partial charge on any atom is -0.258 e. The van der Waals surface area contributed by atoms with Gasteiger partial charge in [0.2, 0.25) is 0 Å². The Bertz CT molecular complexity index is 598. The van der Waals surface area contributed by atoms with Gasteiger partial charge < -0.3 is 0 Å². The molecule has 0 saturated carbocycles. The Morgan fingerprint density at radius 3 is 2.58 bits per heavy atom. The third kappa shape index (κ3) is 3.35. The third-order valence-corrected chi connectivity index (χ3v) is 4.29. The van der Waals surface area contributed by atoms with E-state index >= 15 is 0 Å². The van der Waals surface area contributed by atoms with Crippen LogP contribution in [0.2, 0.25) is 0 Å². The number of nitro benzene ring substituents is 1. The van der Waals surface area contributed by atoms with Gasteiger partial charge in [-0.05, 0) is 31.0 Å². The zero-order valence-electron chi connectivity index (χ0n) is 10.9. The molecule has 0 heterocycles. The average Bonchev–Trinajstić information content (AvgIpc) is 2.41. The highest BCUT2D eigenvalue weighted by atomic mass is 32.2. The van der Waals surface area contributed by atoms with Gasteiger partial charge in [0.1, 0.15) is 0 Å². The van der Waals surface area contributed by atoms with Crippen LogP contribution in [-0.2, 0) is 0 Å². The second-order valence-electron chi connectivity index (χ2n) is 4.38. The SMILES string of the molecule is Cc1ccccc1SC(C)c1cccc([N+](=O)[O-])c1. The fourth-order valence-electron chi connectivity index (χ4n) is 1.84. The first-order chi connectivity index (χ1) is 9.08. The molecular weight excluding hydrogens is 258 g/mol. The zero-order chi connectivity index (χ0) is 13.8. The molecule has 3 nitrogen and oxygen atoms in total. The van der Waals surface area contributed by atoms with Crippen LogP contribution in [-0.4, -0.2) is 4.92 Å². The van der Waals surface area contributed by atoms with E-state index < -0.39 is 0 Å². The molecule has 0 bridgehead atoms. The Morgan fingerprint density at radius 1 is 1.16 bits per heavy atom. The highest BCUT2D eigenvalue weighted by Gasteiger charge is 2.12. The number of benzene rings is 2. The maximum atomic E-state index is 10.8. The third-order valence-electron chi connectivity index (χ3n) is 2.95. The minimum atomic E-state index is -0.353. The fraction of sp³-hybridized carbons (Fsp3) is 0.200. The van der Waals surface area contributed by atoms with Crippen LogP contribution < -0.4 is 0 Å². The van der Waals surface area contributed by atoms with Crippen LogP contribution in [0.25, 0.3) is 0 Å². The number of nitrogens with zero attached hydrogens (tertiary/aromatic N) is 1. The van der Waals surface area contributed by atoms with Crippen molar-refractivity contribution in [1.29, 1.82) is 0 Å². The van der Waals surface area contributed by atoms with Gasteiger partial charge in [-0.1, -0.05) is 30.3 Å². The summed E-state index contributed by atoms with van der Waals surface area (Å²) in [6, 6.07) is 15.0. The topological polar surface area (TPSA) is 43.1 Å². The predicted molar refractivity (Wildman–Crippen MR) is 78.5 cm³/mol. The molecule has 0 N–H and O–H groups in total. The molecule has 1 unspecified atom stereocenters. The van der Waals surface area contributed by atoms with E-state index in [9.17, 15) is 10.1 Å². The van der Waals surface area contributed by atoms with E-state index in [1.165, 1.54) is 16.5 Å². The van der Waals surface area contributed by atoms with Crippen LogP contribution in [0.1, 0.15) is 23.3 Å². The molecule has 0 saturated heterocycles. The number of nitro groups is 1. The van der Waals surface area contributed by atoms with Gasteiger partial charge in [-0.25, -0.2) is 0 Å². The second-order valence-corrected chi connectivity index (χ2v) is 5.76. The molecule has 2 rings (SSSR count). The summed E-state index contributed by atoms with van der Waals surface area (Å²) >= 11 is 1.72. The zero-order valence-corrected chi connectivity index (χ0v) is 11.7. The summed E-state index contributed by atoms with van der Waals surface area (Å²) in [5.74, 6) is 0. The molecular formula is C15H15NO2S. The van der Waals surface area contributed by atoms with E-state index in [2.05, 4.69) is 26.0 Å². The second kappa shape index (κ2) is 5.89. The summed E-state index contributed by atoms with van der Waals surface area (Å²) in [4.78, 5) is 11.6. The summed E-state index contributed by atoms with van der Waals surface area (Å²) in [5.41, 5.74) is 2.35. The van der Waals surface area contributed by atoms with Gasteiger partial charge in [-0.3, -0.25) is 10.1 Å². The van der Waals surface area contributed by atoms with Crippen LogP contribution in [0, 0.1) is 17.0 Å². The lowest BCUT2D eigenvalue weighted by atomic mass is 10.1. The van der Waals surface area contributed by atoms with Crippen molar-refractivity contribution in [2.24, 2.45) is 0 Å². The van der Waals surface area contributed by atoms with Gasteiger partial charge in [-0.15, -0.1) is 11.8 Å². The Kier molecular flexibility index (Phi) is 4.22. The van der Waals surface area contributed by atoms with Crippen molar-refractivity contribution in [2.45, 2.75) is 24.0 Å². The lowest BCUT2D eigenvalue weighted by Gasteiger charge is -2.13. The first-order valence-corrected chi connectivity index (χ1v) is 6.92. The van der Waals surface area contributed by atoms with Crippen molar-refractivity contribution < 1.29 is 4.92 Å². The largest absolute Gasteiger partial charge is 0.269 e. The van der Waals surface area contributed by atoms with Gasteiger partial charge in [0.25, 0.3) is 5.69 Å². The van der Waals surface area contributed by atoms with Gasteiger partial charge >= 0.3 is 0 Å². The molecule has 0 radical (unpaired) electrons. The molecule has 0 fully saturated rings. The van der Waals surface area contributed by atoms with E-state index in [0.29, 0.717) is 0 Å². The fourth-order valence-corrected chi connectivity index (χ4v) is 2.91. The molecule has 0 aromatic heterocycles. The van der Waals surface area contributed by atoms with Gasteiger partial charge in [0, 0.05) is 22.3 Å². The average molecular weight is 273 g/mol. The Hall–Kier alpha value is -1.81. The lowest BCUT2D eigenvalue weighted by Crippen LogP contribution is -1.93. The summed E-state index contributed by atoms with van der Waals surface area (Å²) in [7, 11) is 0. The lowest BCUT2D eigenvalue weighted by molar-refractivity contribution is -0.384. The number of non-ortho nitro benzene ring substituents is 1. The first kappa shape index (κ1) is 13.6. The molecule has 1 atom stereocenters. The Balaban J connectivity index is 2.20. The molecule has 0 aliphatic carbocycles. The van der Waals surface area contributed by atoms with Crippen molar-refractivity contribution in [1.82, 2.24) is 0 Å². The van der Waals surface area contributed by atoms with Crippen molar-refractivity contribution in [3.05, 3.63) is 69.8 Å².